The molecule has 0 unspecified atom stereocenters. The molecule has 2 aromatic carbocycles. The van der Waals surface area contributed by atoms with Crippen LogP contribution in [0, 0.1) is 0 Å². The number of benzene rings is 2. The third-order valence-electron chi connectivity index (χ3n) is 3.47. The summed E-state index contributed by atoms with van der Waals surface area (Å²) in [6, 6.07) is 16.1. The lowest BCUT2D eigenvalue weighted by atomic mass is 10.1. The van der Waals surface area contributed by atoms with Gasteiger partial charge in [-0.1, -0.05) is 49.4 Å². The fraction of sp³-hybridized carbons (Fsp3) is 0.333. The fourth-order valence-electron chi connectivity index (χ4n) is 2.34. The van der Waals surface area contributed by atoms with Gasteiger partial charge >= 0.3 is 0 Å². The van der Waals surface area contributed by atoms with E-state index < -0.39 is 0 Å². The normalized spacial score (nSPS) is 10.9. The van der Waals surface area contributed by atoms with Gasteiger partial charge in [-0.3, -0.25) is 0 Å². The van der Waals surface area contributed by atoms with Crippen LogP contribution in [0.5, 0.6) is 5.75 Å². The van der Waals surface area contributed by atoms with Crippen LogP contribution in [0.25, 0.3) is 0 Å². The van der Waals surface area contributed by atoms with Crippen LogP contribution in [0.15, 0.2) is 48.5 Å². The van der Waals surface area contributed by atoms with Gasteiger partial charge in [-0.15, -0.1) is 0 Å². The molecule has 0 fully saturated rings. The third-order valence-corrected chi connectivity index (χ3v) is 3.47. The first-order valence-corrected chi connectivity index (χ1v) is 7.14. The highest BCUT2D eigenvalue weighted by atomic mass is 16.7. The number of para-hydroxylation sites is 1. The number of hydrogen-bond acceptors (Lipinski definition) is 3. The maximum atomic E-state index is 5.98. The molecule has 2 rings (SSSR count). The molecule has 0 atom stereocenters. The van der Waals surface area contributed by atoms with Crippen molar-refractivity contribution in [2.45, 2.75) is 26.2 Å². The van der Waals surface area contributed by atoms with E-state index in [1.54, 1.807) is 14.2 Å². The van der Waals surface area contributed by atoms with E-state index in [9.17, 15) is 0 Å². The summed E-state index contributed by atoms with van der Waals surface area (Å²) in [6.45, 7) is 2.62. The van der Waals surface area contributed by atoms with Crippen LogP contribution in [0.2, 0.25) is 0 Å². The lowest BCUT2D eigenvalue weighted by molar-refractivity contribution is -0.106. The van der Waals surface area contributed by atoms with E-state index in [1.165, 1.54) is 5.56 Å². The topological polar surface area (TPSA) is 27.7 Å². The highest BCUT2D eigenvalue weighted by molar-refractivity contribution is 5.34. The highest BCUT2D eigenvalue weighted by Crippen LogP contribution is 2.24. The Labute approximate surface area is 126 Å². The fourth-order valence-corrected chi connectivity index (χ4v) is 2.34. The van der Waals surface area contributed by atoms with E-state index in [0.29, 0.717) is 6.61 Å². The minimum Gasteiger partial charge on any atom is -0.489 e. The van der Waals surface area contributed by atoms with E-state index in [4.69, 9.17) is 14.2 Å². The summed E-state index contributed by atoms with van der Waals surface area (Å²) >= 11 is 0. The molecule has 0 saturated carbocycles. The summed E-state index contributed by atoms with van der Waals surface area (Å²) in [5, 5.41) is 0. The largest absolute Gasteiger partial charge is 0.489 e. The maximum Gasteiger partial charge on any atom is 0.183 e. The summed E-state index contributed by atoms with van der Waals surface area (Å²) < 4.78 is 16.7. The molecular weight excluding hydrogens is 264 g/mol. The first-order chi connectivity index (χ1) is 10.3. The number of rotatable bonds is 7. The van der Waals surface area contributed by atoms with Crippen LogP contribution in [-0.4, -0.2) is 14.2 Å². The molecule has 0 aliphatic heterocycles. The molecule has 3 nitrogen and oxygen atoms in total. The second kappa shape index (κ2) is 7.81. The molecule has 2 aromatic rings. The van der Waals surface area contributed by atoms with E-state index in [1.807, 2.05) is 42.5 Å². The SMILES string of the molecule is CCc1ccccc1OCc1ccccc1C(OC)OC. The molecule has 0 N–H and O–H groups in total. The predicted octanol–water partition coefficient (Wildman–Crippen LogP) is 4.12. The van der Waals surface area contributed by atoms with Crippen molar-refractivity contribution in [1.82, 2.24) is 0 Å². The zero-order valence-corrected chi connectivity index (χ0v) is 12.8. The second-order valence-corrected chi connectivity index (χ2v) is 4.75. The van der Waals surface area contributed by atoms with E-state index in [2.05, 4.69) is 13.0 Å². The molecule has 3 heteroatoms. The quantitative estimate of drug-likeness (QED) is 0.717. The van der Waals surface area contributed by atoms with Gasteiger partial charge in [0.15, 0.2) is 6.29 Å². The zero-order chi connectivity index (χ0) is 15.1. The van der Waals surface area contributed by atoms with Crippen molar-refractivity contribution in [3.8, 4) is 5.75 Å². The van der Waals surface area contributed by atoms with Gasteiger partial charge in [-0.05, 0) is 23.6 Å². The van der Waals surface area contributed by atoms with Gasteiger partial charge in [-0.25, -0.2) is 0 Å². The summed E-state index contributed by atoms with van der Waals surface area (Å²) in [5.74, 6) is 0.932. The minimum atomic E-state index is -0.369. The Bertz CT molecular complexity index is 562. The van der Waals surface area contributed by atoms with Gasteiger partial charge < -0.3 is 14.2 Å². The van der Waals surface area contributed by atoms with Crippen molar-refractivity contribution in [3.63, 3.8) is 0 Å². The number of aryl methyl sites for hydroxylation is 1. The molecule has 0 radical (unpaired) electrons. The van der Waals surface area contributed by atoms with Crippen LogP contribution in [0.4, 0.5) is 0 Å². The smallest absolute Gasteiger partial charge is 0.183 e. The molecule has 0 spiro atoms. The Morgan fingerprint density at radius 2 is 1.48 bits per heavy atom. The van der Waals surface area contributed by atoms with Gasteiger partial charge in [0.2, 0.25) is 0 Å². The Morgan fingerprint density at radius 3 is 2.14 bits per heavy atom. The van der Waals surface area contributed by atoms with Gasteiger partial charge in [0, 0.05) is 19.8 Å². The van der Waals surface area contributed by atoms with Crippen molar-refractivity contribution >= 4 is 0 Å². The number of hydrogen-bond donors (Lipinski definition) is 0. The Morgan fingerprint density at radius 1 is 0.857 bits per heavy atom. The van der Waals surface area contributed by atoms with Crippen LogP contribution < -0.4 is 4.74 Å². The molecule has 21 heavy (non-hydrogen) atoms. The average molecular weight is 286 g/mol. The highest BCUT2D eigenvalue weighted by Gasteiger charge is 2.14. The number of ether oxygens (including phenoxy) is 3. The molecule has 0 saturated heterocycles. The lowest BCUT2D eigenvalue weighted by Gasteiger charge is -2.18. The van der Waals surface area contributed by atoms with Crippen molar-refractivity contribution < 1.29 is 14.2 Å². The summed E-state index contributed by atoms with van der Waals surface area (Å²) in [4.78, 5) is 0. The third kappa shape index (κ3) is 3.84. The molecule has 0 aromatic heterocycles. The molecule has 0 bridgehead atoms. The first-order valence-electron chi connectivity index (χ1n) is 7.14. The van der Waals surface area contributed by atoms with Crippen molar-refractivity contribution in [2.24, 2.45) is 0 Å². The Kier molecular flexibility index (Phi) is 5.78. The van der Waals surface area contributed by atoms with Crippen LogP contribution in [0.3, 0.4) is 0 Å². The molecule has 0 aliphatic carbocycles. The van der Waals surface area contributed by atoms with Gasteiger partial charge in [-0.2, -0.15) is 0 Å². The monoisotopic (exact) mass is 286 g/mol. The van der Waals surface area contributed by atoms with E-state index >= 15 is 0 Å². The molecule has 0 heterocycles. The average Bonchev–Trinajstić information content (AvgIpc) is 2.55. The molecule has 112 valence electrons. The molecular formula is C18H22O3. The van der Waals surface area contributed by atoms with Crippen LogP contribution in [0.1, 0.15) is 29.9 Å². The van der Waals surface area contributed by atoms with Crippen molar-refractivity contribution in [1.29, 1.82) is 0 Å². The van der Waals surface area contributed by atoms with Gasteiger partial charge in [0.1, 0.15) is 12.4 Å². The summed E-state index contributed by atoms with van der Waals surface area (Å²) in [5.41, 5.74) is 3.28. The van der Waals surface area contributed by atoms with E-state index in [0.717, 1.165) is 23.3 Å². The molecule has 0 aliphatic rings. The standard InChI is InChI=1S/C18H22O3/c1-4-14-9-6-8-12-17(14)21-13-15-10-5-7-11-16(15)18(19-2)20-3/h5-12,18H,4,13H2,1-3H3. The van der Waals surface area contributed by atoms with Gasteiger partial charge in [0.25, 0.3) is 0 Å². The van der Waals surface area contributed by atoms with Gasteiger partial charge in [0.05, 0.1) is 0 Å². The van der Waals surface area contributed by atoms with Crippen LogP contribution >= 0.6 is 0 Å². The van der Waals surface area contributed by atoms with Crippen LogP contribution in [-0.2, 0) is 22.5 Å². The van der Waals surface area contributed by atoms with E-state index in [-0.39, 0.29) is 6.29 Å². The minimum absolute atomic E-state index is 0.369. The first kappa shape index (κ1) is 15.5. The summed E-state index contributed by atoms with van der Waals surface area (Å²) in [6.07, 6.45) is 0.586. The second-order valence-electron chi connectivity index (χ2n) is 4.75. The lowest BCUT2D eigenvalue weighted by Crippen LogP contribution is -2.09. The summed E-state index contributed by atoms with van der Waals surface area (Å²) in [7, 11) is 3.27. The van der Waals surface area contributed by atoms with Crippen molar-refractivity contribution in [2.75, 3.05) is 14.2 Å². The molecule has 0 amide bonds. The predicted molar refractivity (Wildman–Crippen MR) is 83.4 cm³/mol. The Balaban J connectivity index is 2.17. The van der Waals surface area contributed by atoms with Crippen molar-refractivity contribution in [3.05, 3.63) is 65.2 Å². The maximum absolute atomic E-state index is 5.98. The number of methoxy groups -OCH3 is 2. The Hall–Kier alpha value is -1.84. The zero-order valence-electron chi connectivity index (χ0n) is 12.8.